The summed E-state index contributed by atoms with van der Waals surface area (Å²) >= 11 is 6.83. The van der Waals surface area contributed by atoms with Gasteiger partial charge in [-0.1, -0.05) is 31.9 Å². The SMILES string of the molecule is CCOC[C@H](C)Nc1cc(Br)ccc1NC(=O)C1CCC(F)(F)CC1.COC[C@H](C)Nc1cc(Br)ccc1N.S.S. The van der Waals surface area contributed by atoms with E-state index in [4.69, 9.17) is 15.2 Å². The van der Waals surface area contributed by atoms with Crippen LogP contribution in [0.3, 0.4) is 0 Å². The van der Waals surface area contributed by atoms with Crippen molar-refractivity contribution in [3.8, 4) is 0 Å². The molecule has 41 heavy (non-hydrogen) atoms. The number of amides is 1. The average Bonchev–Trinajstić information content (AvgIpc) is 2.87. The number of methoxy groups -OCH3 is 1. The monoisotopic (exact) mass is 744 g/mol. The average molecular weight is 747 g/mol. The zero-order valence-electron chi connectivity index (χ0n) is 24.0. The number of nitrogens with one attached hydrogen (secondary N) is 3. The Kier molecular flexibility index (Phi) is 19.2. The zero-order chi connectivity index (χ0) is 29.0. The Balaban J connectivity index is 0.000000857. The second kappa shape index (κ2) is 19.8. The van der Waals surface area contributed by atoms with Crippen molar-refractivity contribution in [3.63, 3.8) is 0 Å². The van der Waals surface area contributed by atoms with Crippen molar-refractivity contribution < 1.29 is 23.0 Å². The minimum Gasteiger partial charge on any atom is -0.397 e. The van der Waals surface area contributed by atoms with Gasteiger partial charge in [-0.25, -0.2) is 8.78 Å². The number of carbonyl (C=O) groups is 1. The van der Waals surface area contributed by atoms with Gasteiger partial charge in [-0.2, -0.15) is 27.0 Å². The van der Waals surface area contributed by atoms with E-state index >= 15 is 0 Å². The lowest BCUT2D eigenvalue weighted by molar-refractivity contribution is -0.124. The number of nitrogen functional groups attached to an aromatic ring is 1. The van der Waals surface area contributed by atoms with Crippen LogP contribution < -0.4 is 21.7 Å². The molecule has 0 radical (unpaired) electrons. The third-order valence-electron chi connectivity index (χ3n) is 6.14. The summed E-state index contributed by atoms with van der Waals surface area (Å²) in [6, 6.07) is 11.6. The predicted octanol–water partition coefficient (Wildman–Crippen LogP) is 7.75. The molecule has 3 rings (SSSR count). The minimum absolute atomic E-state index is 0. The largest absolute Gasteiger partial charge is 0.397 e. The van der Waals surface area contributed by atoms with Gasteiger partial charge in [0.15, 0.2) is 0 Å². The van der Waals surface area contributed by atoms with Crippen LogP contribution in [0.4, 0.5) is 31.5 Å². The molecule has 2 aromatic rings. The first-order chi connectivity index (χ1) is 18.4. The van der Waals surface area contributed by atoms with Crippen LogP contribution in [0.2, 0.25) is 0 Å². The van der Waals surface area contributed by atoms with Crippen LogP contribution >= 0.6 is 58.9 Å². The molecule has 0 spiro atoms. The fourth-order valence-electron chi connectivity index (χ4n) is 4.09. The van der Waals surface area contributed by atoms with Gasteiger partial charge >= 0.3 is 0 Å². The van der Waals surface area contributed by atoms with E-state index in [0.717, 1.165) is 26.0 Å². The lowest BCUT2D eigenvalue weighted by Crippen LogP contribution is -2.32. The first-order valence-corrected chi connectivity index (χ1v) is 14.7. The molecule has 1 amide bonds. The summed E-state index contributed by atoms with van der Waals surface area (Å²) in [7, 11) is 1.68. The summed E-state index contributed by atoms with van der Waals surface area (Å²) in [5.74, 6) is -3.19. The molecule has 1 fully saturated rings. The van der Waals surface area contributed by atoms with Crippen molar-refractivity contribution >= 4 is 87.5 Å². The van der Waals surface area contributed by atoms with E-state index in [1.165, 1.54) is 0 Å². The molecule has 234 valence electrons. The molecule has 2 aromatic carbocycles. The normalized spacial score (nSPS) is 15.6. The van der Waals surface area contributed by atoms with Gasteiger partial charge in [0.05, 0.1) is 36.0 Å². The molecule has 1 aliphatic carbocycles. The van der Waals surface area contributed by atoms with Gasteiger partial charge in [-0.05, 0) is 70.0 Å². The molecule has 2 atom stereocenters. The number of carbonyl (C=O) groups excluding carboxylic acids is 1. The number of hydrogen-bond donors (Lipinski definition) is 4. The fourth-order valence-corrected chi connectivity index (χ4v) is 4.82. The fraction of sp³-hybridized carbons (Fsp3) is 0.536. The number of rotatable bonds is 11. The molecule has 0 aromatic heterocycles. The maximum Gasteiger partial charge on any atom is 0.248 e. The predicted molar refractivity (Wildman–Crippen MR) is 184 cm³/mol. The van der Waals surface area contributed by atoms with Crippen molar-refractivity contribution in [2.75, 3.05) is 48.6 Å². The van der Waals surface area contributed by atoms with Gasteiger partial charge in [-0.3, -0.25) is 4.79 Å². The number of benzene rings is 2. The number of hydrogen-bond acceptors (Lipinski definition) is 6. The molecule has 7 nitrogen and oxygen atoms in total. The van der Waals surface area contributed by atoms with Crippen molar-refractivity contribution in [1.82, 2.24) is 0 Å². The smallest absolute Gasteiger partial charge is 0.248 e. The third kappa shape index (κ3) is 14.7. The Morgan fingerprint density at radius 1 is 0.976 bits per heavy atom. The van der Waals surface area contributed by atoms with Gasteiger partial charge in [0.25, 0.3) is 0 Å². The van der Waals surface area contributed by atoms with Crippen LogP contribution in [0.25, 0.3) is 0 Å². The summed E-state index contributed by atoms with van der Waals surface area (Å²) in [5.41, 5.74) is 8.91. The Labute approximate surface area is 273 Å². The minimum atomic E-state index is -2.63. The lowest BCUT2D eigenvalue weighted by Gasteiger charge is -2.28. The molecule has 1 saturated carbocycles. The van der Waals surface area contributed by atoms with Crippen LogP contribution in [0.1, 0.15) is 46.5 Å². The van der Waals surface area contributed by atoms with Crippen molar-refractivity contribution in [1.29, 1.82) is 0 Å². The second-order valence-electron chi connectivity index (χ2n) is 9.75. The van der Waals surface area contributed by atoms with Crippen molar-refractivity contribution in [2.24, 2.45) is 5.92 Å². The third-order valence-corrected chi connectivity index (χ3v) is 7.12. The molecule has 5 N–H and O–H groups in total. The summed E-state index contributed by atoms with van der Waals surface area (Å²) in [6.45, 7) is 7.82. The highest BCUT2D eigenvalue weighted by Crippen LogP contribution is 2.37. The standard InChI is InChI=1S/C18H25BrF2N2O2.C10H15BrN2O.2H2S/c1-3-25-11-12(2)22-16-10-14(19)4-5-15(16)23-17(24)13-6-8-18(20,21)9-7-13;1-7(6-14-2)13-10-5-8(11)3-4-9(10)12;;/h4-5,10,12-13,22H,3,6-9,11H2,1-2H3,(H,23,24);3-5,7,13H,6,12H2,1-2H3;2*1H2/t12-;7-;;/m00../s1. The number of anilines is 4. The maximum atomic E-state index is 13.3. The summed E-state index contributed by atoms with van der Waals surface area (Å²) in [5, 5.41) is 9.48. The van der Waals surface area contributed by atoms with Gasteiger partial charge in [0, 0.05) is 53.5 Å². The van der Waals surface area contributed by atoms with E-state index in [9.17, 15) is 13.6 Å². The molecule has 0 heterocycles. The van der Waals surface area contributed by atoms with E-state index in [1.807, 2.05) is 51.1 Å². The maximum absolute atomic E-state index is 13.3. The highest BCUT2D eigenvalue weighted by atomic mass is 79.9. The Morgan fingerprint density at radius 3 is 2.10 bits per heavy atom. The van der Waals surface area contributed by atoms with Gasteiger partial charge < -0.3 is 31.2 Å². The van der Waals surface area contributed by atoms with Crippen LogP contribution in [0.15, 0.2) is 45.3 Å². The molecular formula is C28H44Br2F2N4O3S2. The molecule has 13 heteroatoms. The molecular weight excluding hydrogens is 702 g/mol. The summed E-state index contributed by atoms with van der Waals surface area (Å²) < 4.78 is 38.9. The van der Waals surface area contributed by atoms with Crippen LogP contribution in [0.5, 0.6) is 0 Å². The highest BCUT2D eigenvalue weighted by Gasteiger charge is 2.37. The Hall–Kier alpha value is -1.25. The van der Waals surface area contributed by atoms with Crippen LogP contribution in [-0.2, 0) is 14.3 Å². The molecule has 0 unspecified atom stereocenters. The number of alkyl halides is 2. The first-order valence-electron chi connectivity index (χ1n) is 13.1. The first kappa shape index (κ1) is 39.8. The summed E-state index contributed by atoms with van der Waals surface area (Å²) in [6.07, 6.45) is 0.00156. The van der Waals surface area contributed by atoms with Gasteiger partial charge in [-0.15, -0.1) is 0 Å². The highest BCUT2D eigenvalue weighted by molar-refractivity contribution is 9.10. The van der Waals surface area contributed by atoms with Crippen molar-refractivity contribution in [2.45, 2.75) is 64.5 Å². The molecule has 0 saturated heterocycles. The Bertz CT molecular complexity index is 1060. The van der Waals surface area contributed by atoms with Gasteiger partial charge in [0.2, 0.25) is 11.8 Å². The van der Waals surface area contributed by atoms with E-state index in [2.05, 4.69) is 47.8 Å². The number of ether oxygens (including phenoxy) is 2. The molecule has 0 aliphatic heterocycles. The zero-order valence-corrected chi connectivity index (χ0v) is 29.1. The van der Waals surface area contributed by atoms with E-state index in [0.29, 0.717) is 25.5 Å². The number of nitrogens with two attached hydrogens (primary N) is 1. The van der Waals surface area contributed by atoms with E-state index in [1.54, 1.807) is 13.2 Å². The van der Waals surface area contributed by atoms with E-state index in [-0.39, 0.29) is 76.6 Å². The Morgan fingerprint density at radius 2 is 1.51 bits per heavy atom. The van der Waals surface area contributed by atoms with E-state index < -0.39 is 5.92 Å². The number of halogens is 4. The quantitative estimate of drug-likeness (QED) is 0.176. The van der Waals surface area contributed by atoms with Crippen LogP contribution in [0, 0.1) is 5.92 Å². The summed E-state index contributed by atoms with van der Waals surface area (Å²) in [4.78, 5) is 12.5. The second-order valence-corrected chi connectivity index (χ2v) is 11.6. The lowest BCUT2D eigenvalue weighted by atomic mass is 9.86. The topological polar surface area (TPSA) is 97.6 Å². The molecule has 0 bridgehead atoms. The van der Waals surface area contributed by atoms with Crippen LogP contribution in [-0.4, -0.2) is 50.8 Å². The van der Waals surface area contributed by atoms with Gasteiger partial charge in [0.1, 0.15) is 0 Å². The van der Waals surface area contributed by atoms with Crippen molar-refractivity contribution in [3.05, 3.63) is 45.3 Å². The molecule has 1 aliphatic rings.